The van der Waals surface area contributed by atoms with Gasteiger partial charge in [0.15, 0.2) is 0 Å². The van der Waals surface area contributed by atoms with Crippen molar-refractivity contribution in [1.82, 2.24) is 20.6 Å². The summed E-state index contributed by atoms with van der Waals surface area (Å²) in [6.45, 7) is 0.341. The third-order valence-corrected chi connectivity index (χ3v) is 3.39. The molecule has 0 saturated heterocycles. The highest BCUT2D eigenvalue weighted by Gasteiger charge is 2.05. The molecule has 7 nitrogen and oxygen atoms in total. The van der Waals surface area contributed by atoms with E-state index in [2.05, 4.69) is 25.9 Å². The van der Waals surface area contributed by atoms with Crippen molar-refractivity contribution in [2.24, 2.45) is 0 Å². The van der Waals surface area contributed by atoms with Gasteiger partial charge < -0.3 is 10.1 Å². The van der Waals surface area contributed by atoms with Gasteiger partial charge in [-0.1, -0.05) is 6.07 Å². The molecule has 0 saturated carbocycles. The summed E-state index contributed by atoms with van der Waals surface area (Å²) in [5.41, 5.74) is 1.48. The predicted octanol–water partition coefficient (Wildman–Crippen LogP) is 2.80. The highest BCUT2D eigenvalue weighted by atomic mass is 19.1. The maximum absolute atomic E-state index is 13.0. The molecule has 128 valence electrons. The van der Waals surface area contributed by atoms with E-state index < -0.39 is 0 Å². The van der Waals surface area contributed by atoms with Crippen molar-refractivity contribution >= 4 is 11.6 Å². The lowest BCUT2D eigenvalue weighted by atomic mass is 10.2. The molecule has 0 aliphatic heterocycles. The number of anilines is 1. The van der Waals surface area contributed by atoms with Gasteiger partial charge in [-0.25, -0.2) is 4.39 Å². The molecule has 0 fully saturated rings. The van der Waals surface area contributed by atoms with E-state index >= 15 is 0 Å². The van der Waals surface area contributed by atoms with Gasteiger partial charge in [-0.3, -0.25) is 4.79 Å². The summed E-state index contributed by atoms with van der Waals surface area (Å²) in [6, 6.07) is 13.1. The second-order valence-electron chi connectivity index (χ2n) is 5.27. The number of halogens is 1. The van der Waals surface area contributed by atoms with Crippen molar-refractivity contribution in [2.75, 3.05) is 11.9 Å². The minimum Gasteiger partial charge on any atom is -0.493 e. The van der Waals surface area contributed by atoms with Crippen LogP contribution in [0.2, 0.25) is 0 Å². The minimum absolute atomic E-state index is 0.116. The summed E-state index contributed by atoms with van der Waals surface area (Å²) >= 11 is 0. The molecule has 8 heteroatoms. The Labute approximate surface area is 143 Å². The highest BCUT2D eigenvalue weighted by molar-refractivity contribution is 5.90. The first-order valence-electron chi connectivity index (χ1n) is 7.73. The zero-order valence-electron chi connectivity index (χ0n) is 13.3. The summed E-state index contributed by atoms with van der Waals surface area (Å²) < 4.78 is 18.4. The maximum Gasteiger partial charge on any atom is 0.224 e. The molecule has 0 radical (unpaired) electrons. The summed E-state index contributed by atoms with van der Waals surface area (Å²) in [6.07, 6.45) is 0.838. The van der Waals surface area contributed by atoms with Crippen LogP contribution in [0, 0.1) is 5.82 Å². The van der Waals surface area contributed by atoms with Crippen molar-refractivity contribution in [2.45, 2.75) is 12.8 Å². The van der Waals surface area contributed by atoms with Crippen molar-refractivity contribution in [3.05, 3.63) is 54.3 Å². The molecular weight excluding hydrogens is 325 g/mol. The van der Waals surface area contributed by atoms with Crippen LogP contribution in [0.4, 0.5) is 10.1 Å². The molecule has 0 aliphatic carbocycles. The quantitative estimate of drug-likeness (QED) is 0.645. The fourth-order valence-electron chi connectivity index (χ4n) is 2.19. The normalized spacial score (nSPS) is 10.4. The second kappa shape index (κ2) is 8.00. The van der Waals surface area contributed by atoms with Gasteiger partial charge in [-0.05, 0) is 48.0 Å². The highest BCUT2D eigenvalue weighted by Crippen LogP contribution is 2.17. The first-order valence-corrected chi connectivity index (χ1v) is 7.73. The van der Waals surface area contributed by atoms with Gasteiger partial charge in [0.05, 0.1) is 6.61 Å². The Morgan fingerprint density at radius 2 is 2.04 bits per heavy atom. The van der Waals surface area contributed by atoms with Crippen LogP contribution < -0.4 is 10.1 Å². The Bertz CT molecular complexity index is 821. The fraction of sp³-hybridized carbons (Fsp3) is 0.176. The molecule has 2 aromatic carbocycles. The number of benzene rings is 2. The molecular formula is C17H16FN5O2. The van der Waals surface area contributed by atoms with Crippen LogP contribution in [0.1, 0.15) is 12.8 Å². The molecule has 1 amide bonds. The first-order chi connectivity index (χ1) is 12.2. The van der Waals surface area contributed by atoms with Crippen molar-refractivity contribution in [1.29, 1.82) is 0 Å². The number of carbonyl (C=O) groups is 1. The SMILES string of the molecule is O=C(CCCOc1cccc(F)c1)Nc1ccc(-c2nn[nH]n2)cc1. The Morgan fingerprint density at radius 1 is 1.20 bits per heavy atom. The summed E-state index contributed by atoms with van der Waals surface area (Å²) in [5.74, 6) is 0.486. The summed E-state index contributed by atoms with van der Waals surface area (Å²) in [5, 5.41) is 16.5. The van der Waals surface area contributed by atoms with Gasteiger partial charge in [0.2, 0.25) is 11.7 Å². The standard InChI is InChI=1S/C17H16FN5O2/c18-13-3-1-4-15(11-13)25-10-2-5-16(24)19-14-8-6-12(7-9-14)17-20-22-23-21-17/h1,3-4,6-9,11H,2,5,10H2,(H,19,24)(H,20,21,22,23). The van der Waals surface area contributed by atoms with E-state index in [0.717, 1.165) is 5.56 Å². The van der Waals surface area contributed by atoms with E-state index in [1.807, 2.05) is 0 Å². The number of H-pyrrole nitrogens is 1. The Kier molecular flexibility index (Phi) is 5.30. The molecule has 0 unspecified atom stereocenters. The molecule has 0 atom stereocenters. The number of aromatic nitrogens is 4. The van der Waals surface area contributed by atoms with E-state index in [0.29, 0.717) is 36.7 Å². The lowest BCUT2D eigenvalue weighted by molar-refractivity contribution is -0.116. The molecule has 2 N–H and O–H groups in total. The van der Waals surface area contributed by atoms with Gasteiger partial charge >= 0.3 is 0 Å². The van der Waals surface area contributed by atoms with E-state index in [9.17, 15) is 9.18 Å². The topological polar surface area (TPSA) is 92.8 Å². The summed E-state index contributed by atoms with van der Waals surface area (Å²) in [4.78, 5) is 11.9. The van der Waals surface area contributed by atoms with Crippen LogP contribution >= 0.6 is 0 Å². The summed E-state index contributed by atoms with van der Waals surface area (Å²) in [7, 11) is 0. The van der Waals surface area contributed by atoms with Crippen LogP contribution in [0.5, 0.6) is 5.75 Å². The number of hydrogen-bond acceptors (Lipinski definition) is 5. The van der Waals surface area contributed by atoms with Crippen LogP contribution in [0.25, 0.3) is 11.4 Å². The third-order valence-electron chi connectivity index (χ3n) is 3.39. The minimum atomic E-state index is -0.348. The largest absolute Gasteiger partial charge is 0.493 e. The van der Waals surface area contributed by atoms with Crippen molar-refractivity contribution in [3.8, 4) is 17.1 Å². The zero-order valence-corrected chi connectivity index (χ0v) is 13.3. The van der Waals surface area contributed by atoms with Gasteiger partial charge in [-0.15, -0.1) is 10.2 Å². The van der Waals surface area contributed by atoms with E-state index in [-0.39, 0.29) is 11.7 Å². The van der Waals surface area contributed by atoms with Gasteiger partial charge in [-0.2, -0.15) is 5.21 Å². The lowest BCUT2D eigenvalue weighted by Gasteiger charge is -2.07. The van der Waals surface area contributed by atoms with Gasteiger partial charge in [0, 0.05) is 23.7 Å². The smallest absolute Gasteiger partial charge is 0.224 e. The average molecular weight is 341 g/mol. The monoisotopic (exact) mass is 341 g/mol. The number of ether oxygens (including phenoxy) is 1. The number of nitrogens with one attached hydrogen (secondary N) is 2. The maximum atomic E-state index is 13.0. The molecule has 3 aromatic rings. The Balaban J connectivity index is 1.41. The van der Waals surface area contributed by atoms with E-state index in [1.165, 1.54) is 12.1 Å². The van der Waals surface area contributed by atoms with Crippen molar-refractivity contribution in [3.63, 3.8) is 0 Å². The number of aromatic amines is 1. The number of carbonyl (C=O) groups excluding carboxylic acids is 1. The molecule has 3 rings (SSSR count). The van der Waals surface area contributed by atoms with E-state index in [4.69, 9.17) is 4.74 Å². The zero-order chi connectivity index (χ0) is 17.5. The number of hydrogen-bond donors (Lipinski definition) is 2. The van der Waals surface area contributed by atoms with Crippen LogP contribution in [0.3, 0.4) is 0 Å². The van der Waals surface area contributed by atoms with Crippen molar-refractivity contribution < 1.29 is 13.9 Å². The molecule has 25 heavy (non-hydrogen) atoms. The molecule has 0 bridgehead atoms. The second-order valence-corrected chi connectivity index (χ2v) is 5.27. The third kappa shape index (κ3) is 4.84. The molecule has 0 spiro atoms. The van der Waals surface area contributed by atoms with Gasteiger partial charge in [0.1, 0.15) is 11.6 Å². The predicted molar refractivity (Wildman–Crippen MR) is 89.4 cm³/mol. The average Bonchev–Trinajstić information content (AvgIpc) is 3.14. The Hall–Kier alpha value is -3.29. The molecule has 1 aromatic heterocycles. The van der Waals surface area contributed by atoms with Gasteiger partial charge in [0.25, 0.3) is 0 Å². The lowest BCUT2D eigenvalue weighted by Crippen LogP contribution is -2.12. The number of amides is 1. The molecule has 1 heterocycles. The Morgan fingerprint density at radius 3 is 2.76 bits per heavy atom. The number of tetrazole rings is 1. The number of nitrogens with zero attached hydrogens (tertiary/aromatic N) is 3. The van der Waals surface area contributed by atoms with Crippen LogP contribution in [-0.2, 0) is 4.79 Å². The van der Waals surface area contributed by atoms with Crippen LogP contribution in [0.15, 0.2) is 48.5 Å². The molecule has 0 aliphatic rings. The fourth-order valence-corrected chi connectivity index (χ4v) is 2.19. The number of rotatable bonds is 7. The van der Waals surface area contributed by atoms with E-state index in [1.54, 1.807) is 36.4 Å². The first kappa shape index (κ1) is 16.6. The van der Waals surface area contributed by atoms with Crippen LogP contribution in [-0.4, -0.2) is 33.1 Å².